The van der Waals surface area contributed by atoms with Gasteiger partial charge >= 0.3 is 0 Å². The Bertz CT molecular complexity index is 1470. The first-order chi connectivity index (χ1) is 19.4. The van der Waals surface area contributed by atoms with Crippen molar-refractivity contribution in [2.45, 2.75) is 12.5 Å². The molecule has 1 fully saturated rings. The standard InChI is InChI=1S/C28H30ClFN8O2/c1-31-16-21-18-37(14-13-36(21)2)28-23(7-8-25(27(28)29)40-24-6-4-3-5-22(24)30)34-26(39)15-19-10-12-38(35-19)20-9-11-32-33-17-20/h3-12,17,21,31H,13-16,18H2,1-2H3,(H,34,39)/t21-/m0/s1. The average molecular weight is 565 g/mol. The Morgan fingerprint density at radius 2 is 1.98 bits per heavy atom. The lowest BCUT2D eigenvalue weighted by Crippen LogP contribution is -2.55. The minimum absolute atomic E-state index is 0.0567. The second kappa shape index (κ2) is 12.4. The summed E-state index contributed by atoms with van der Waals surface area (Å²) in [6.45, 7) is 2.95. The highest BCUT2D eigenvalue weighted by Gasteiger charge is 2.28. The summed E-state index contributed by atoms with van der Waals surface area (Å²) in [5, 5.41) is 18.7. The number of benzene rings is 2. The van der Waals surface area contributed by atoms with Gasteiger partial charge in [0.1, 0.15) is 10.8 Å². The molecule has 4 aromatic rings. The number of halogens is 2. The number of amides is 1. The van der Waals surface area contributed by atoms with Crippen molar-refractivity contribution in [2.24, 2.45) is 0 Å². The van der Waals surface area contributed by atoms with Gasteiger partial charge in [0.25, 0.3) is 0 Å². The highest BCUT2D eigenvalue weighted by Crippen LogP contribution is 2.43. The van der Waals surface area contributed by atoms with E-state index < -0.39 is 5.82 Å². The van der Waals surface area contributed by atoms with Crippen LogP contribution in [0.25, 0.3) is 5.69 Å². The maximum atomic E-state index is 14.3. The van der Waals surface area contributed by atoms with Gasteiger partial charge in [-0.2, -0.15) is 15.3 Å². The van der Waals surface area contributed by atoms with Crippen LogP contribution in [-0.4, -0.2) is 77.1 Å². The van der Waals surface area contributed by atoms with Crippen molar-refractivity contribution in [1.29, 1.82) is 0 Å². The first kappa shape index (κ1) is 27.5. The molecule has 1 atom stereocenters. The van der Waals surface area contributed by atoms with Gasteiger partial charge in [-0.05, 0) is 50.5 Å². The third-order valence-electron chi connectivity index (χ3n) is 6.76. The number of piperazine rings is 1. The number of hydrogen-bond donors (Lipinski definition) is 2. The molecule has 1 amide bonds. The molecule has 40 heavy (non-hydrogen) atoms. The fourth-order valence-corrected chi connectivity index (χ4v) is 4.99. The SMILES string of the molecule is CNC[C@H]1CN(c2c(NC(=O)Cc3ccn(-c4ccnnc4)n3)ccc(Oc3ccccc3F)c2Cl)CCN1C. The molecule has 2 aromatic heterocycles. The molecule has 10 nitrogen and oxygen atoms in total. The molecule has 0 radical (unpaired) electrons. The number of hydrogen-bond acceptors (Lipinski definition) is 8. The van der Waals surface area contributed by atoms with E-state index in [1.54, 1.807) is 65.7 Å². The van der Waals surface area contributed by atoms with Crippen molar-refractivity contribution in [1.82, 2.24) is 30.2 Å². The molecule has 0 aliphatic carbocycles. The lowest BCUT2D eigenvalue weighted by Gasteiger charge is -2.41. The summed E-state index contributed by atoms with van der Waals surface area (Å²) in [6.07, 6.45) is 4.99. The van der Waals surface area contributed by atoms with E-state index in [0.717, 1.165) is 18.8 Å². The van der Waals surface area contributed by atoms with Crippen LogP contribution in [0.15, 0.2) is 67.1 Å². The largest absolute Gasteiger partial charge is 0.453 e. The number of anilines is 2. The molecule has 3 heterocycles. The monoisotopic (exact) mass is 564 g/mol. The Morgan fingerprint density at radius 3 is 2.75 bits per heavy atom. The van der Waals surface area contributed by atoms with Crippen molar-refractivity contribution in [3.05, 3.63) is 83.7 Å². The van der Waals surface area contributed by atoms with Crippen molar-refractivity contribution >= 4 is 28.9 Å². The van der Waals surface area contributed by atoms with E-state index in [1.807, 2.05) is 7.05 Å². The van der Waals surface area contributed by atoms with Crippen LogP contribution in [0.2, 0.25) is 5.02 Å². The second-order valence-corrected chi connectivity index (χ2v) is 9.90. The highest BCUT2D eigenvalue weighted by atomic mass is 35.5. The number of ether oxygens (including phenoxy) is 1. The van der Waals surface area contributed by atoms with Gasteiger partial charge in [-0.1, -0.05) is 23.7 Å². The first-order valence-electron chi connectivity index (χ1n) is 12.9. The van der Waals surface area contributed by atoms with E-state index in [-0.39, 0.29) is 24.1 Å². The molecule has 1 saturated heterocycles. The van der Waals surface area contributed by atoms with Crippen LogP contribution < -0.4 is 20.3 Å². The summed E-state index contributed by atoms with van der Waals surface area (Å²) in [6, 6.07) is 13.3. The number of nitrogens with one attached hydrogen (secondary N) is 2. The molecule has 5 rings (SSSR count). The van der Waals surface area contributed by atoms with Crippen LogP contribution in [0.4, 0.5) is 15.8 Å². The molecule has 12 heteroatoms. The number of carbonyl (C=O) groups is 1. The third kappa shape index (κ3) is 6.22. The molecule has 208 valence electrons. The van der Waals surface area contributed by atoms with Gasteiger partial charge in [-0.25, -0.2) is 9.07 Å². The Balaban J connectivity index is 1.41. The summed E-state index contributed by atoms with van der Waals surface area (Å²) in [5.74, 6) is -0.376. The molecule has 1 aliphatic heterocycles. The lowest BCUT2D eigenvalue weighted by molar-refractivity contribution is -0.115. The first-order valence-corrected chi connectivity index (χ1v) is 13.3. The van der Waals surface area contributed by atoms with Crippen molar-refractivity contribution < 1.29 is 13.9 Å². The summed E-state index contributed by atoms with van der Waals surface area (Å²) >= 11 is 6.93. The number of nitrogens with zero attached hydrogens (tertiary/aromatic N) is 6. The van der Waals surface area contributed by atoms with Gasteiger partial charge in [-0.3, -0.25) is 9.69 Å². The number of para-hydroxylation sites is 1. The summed E-state index contributed by atoms with van der Waals surface area (Å²) < 4.78 is 21.9. The zero-order valence-electron chi connectivity index (χ0n) is 22.2. The smallest absolute Gasteiger partial charge is 0.230 e. The van der Waals surface area contributed by atoms with E-state index in [9.17, 15) is 9.18 Å². The fraction of sp³-hybridized carbons (Fsp3) is 0.286. The number of aromatic nitrogens is 4. The maximum absolute atomic E-state index is 14.3. The third-order valence-corrected chi connectivity index (χ3v) is 7.13. The Morgan fingerprint density at radius 1 is 1.12 bits per heavy atom. The second-order valence-electron chi connectivity index (χ2n) is 9.52. The summed E-state index contributed by atoms with van der Waals surface area (Å²) in [4.78, 5) is 17.6. The van der Waals surface area contributed by atoms with Gasteiger partial charge < -0.3 is 20.3 Å². The zero-order valence-corrected chi connectivity index (χ0v) is 23.0. The molecule has 2 N–H and O–H groups in total. The lowest BCUT2D eigenvalue weighted by atomic mass is 10.1. The topological polar surface area (TPSA) is 100 Å². The predicted octanol–water partition coefficient (Wildman–Crippen LogP) is 3.77. The van der Waals surface area contributed by atoms with Crippen molar-refractivity contribution in [3.8, 4) is 17.2 Å². The van der Waals surface area contributed by atoms with Gasteiger partial charge in [0, 0.05) is 38.4 Å². The minimum atomic E-state index is -0.492. The van der Waals surface area contributed by atoms with Crippen molar-refractivity contribution in [2.75, 3.05) is 50.5 Å². The van der Waals surface area contributed by atoms with Crippen LogP contribution in [0, 0.1) is 5.82 Å². The molecule has 0 spiro atoms. The Labute approximate surface area is 236 Å². The Hall–Kier alpha value is -4.06. The molecule has 0 saturated carbocycles. The van der Waals surface area contributed by atoms with Crippen LogP contribution in [0.3, 0.4) is 0 Å². The molecule has 2 aromatic carbocycles. The van der Waals surface area contributed by atoms with E-state index in [4.69, 9.17) is 16.3 Å². The minimum Gasteiger partial charge on any atom is -0.453 e. The fourth-order valence-electron chi connectivity index (χ4n) is 4.66. The normalized spacial score (nSPS) is 15.7. The average Bonchev–Trinajstić information content (AvgIpc) is 3.42. The van der Waals surface area contributed by atoms with Crippen LogP contribution in [0.1, 0.15) is 5.69 Å². The quantitative estimate of drug-likeness (QED) is 0.317. The summed E-state index contributed by atoms with van der Waals surface area (Å²) in [5.41, 5.74) is 2.51. The number of carbonyl (C=O) groups excluding carboxylic acids is 1. The van der Waals surface area contributed by atoms with Gasteiger partial charge in [0.15, 0.2) is 11.6 Å². The van der Waals surface area contributed by atoms with Crippen molar-refractivity contribution in [3.63, 3.8) is 0 Å². The van der Waals surface area contributed by atoms with Crippen LogP contribution in [-0.2, 0) is 11.2 Å². The van der Waals surface area contributed by atoms with Crippen LogP contribution in [0.5, 0.6) is 11.5 Å². The van der Waals surface area contributed by atoms with Gasteiger partial charge in [0.2, 0.25) is 5.91 Å². The zero-order chi connectivity index (χ0) is 28.1. The Kier molecular flexibility index (Phi) is 8.54. The molecule has 1 aliphatic rings. The van der Waals surface area contributed by atoms with Gasteiger partial charge in [-0.15, -0.1) is 0 Å². The van der Waals surface area contributed by atoms with Gasteiger partial charge in [0.05, 0.1) is 41.6 Å². The van der Waals surface area contributed by atoms with E-state index in [1.165, 1.54) is 6.07 Å². The van der Waals surface area contributed by atoms with Crippen LogP contribution >= 0.6 is 11.6 Å². The number of likely N-dealkylation sites (N-methyl/N-ethyl adjacent to an activating group) is 2. The predicted molar refractivity (Wildman–Crippen MR) is 152 cm³/mol. The molecule has 0 bridgehead atoms. The number of rotatable bonds is 9. The summed E-state index contributed by atoms with van der Waals surface area (Å²) in [7, 11) is 4.00. The molecule has 0 unspecified atom stereocenters. The van der Waals surface area contributed by atoms with E-state index in [2.05, 4.69) is 42.8 Å². The highest BCUT2D eigenvalue weighted by molar-refractivity contribution is 6.35. The molecular weight excluding hydrogens is 535 g/mol. The van der Waals surface area contributed by atoms with E-state index >= 15 is 0 Å². The molecular formula is C28H30ClFN8O2. The maximum Gasteiger partial charge on any atom is 0.230 e. The van der Waals surface area contributed by atoms with E-state index in [0.29, 0.717) is 40.9 Å².